The minimum Gasteiger partial charge on any atom is -0.497 e. The zero-order chi connectivity index (χ0) is 30.3. The monoisotopic (exact) mass is 591 g/mol. The molecule has 0 aromatic heterocycles. The van der Waals surface area contributed by atoms with E-state index in [9.17, 15) is 18.0 Å². The Balaban J connectivity index is 1.67. The lowest BCUT2D eigenvalue weighted by Crippen LogP contribution is -2.53. The Labute approximate surface area is 249 Å². The van der Waals surface area contributed by atoms with Gasteiger partial charge in [0.2, 0.25) is 11.8 Å². The van der Waals surface area contributed by atoms with E-state index in [0.29, 0.717) is 11.4 Å². The van der Waals surface area contributed by atoms with Gasteiger partial charge in [0.25, 0.3) is 10.0 Å². The van der Waals surface area contributed by atoms with Gasteiger partial charge in [-0.25, -0.2) is 8.42 Å². The van der Waals surface area contributed by atoms with Crippen molar-refractivity contribution in [1.29, 1.82) is 0 Å². The van der Waals surface area contributed by atoms with E-state index in [-0.39, 0.29) is 23.4 Å². The summed E-state index contributed by atoms with van der Waals surface area (Å²) in [4.78, 5) is 29.1. The van der Waals surface area contributed by atoms with Gasteiger partial charge >= 0.3 is 0 Å². The number of aryl methyl sites for hydroxylation is 2. The first-order chi connectivity index (χ1) is 20.1. The predicted octanol–water partition coefficient (Wildman–Crippen LogP) is 5.37. The van der Waals surface area contributed by atoms with Crippen LogP contribution >= 0.6 is 0 Å². The molecule has 0 heterocycles. The Hall–Kier alpha value is -3.85. The number of hydrogen-bond acceptors (Lipinski definition) is 5. The van der Waals surface area contributed by atoms with Crippen molar-refractivity contribution >= 4 is 27.5 Å². The summed E-state index contributed by atoms with van der Waals surface area (Å²) in [7, 11) is -2.52. The van der Waals surface area contributed by atoms with Crippen molar-refractivity contribution in [1.82, 2.24) is 10.2 Å². The number of carbonyl (C=O) groups is 2. The Morgan fingerprint density at radius 1 is 0.929 bits per heavy atom. The summed E-state index contributed by atoms with van der Waals surface area (Å²) in [6, 6.07) is 20.2. The van der Waals surface area contributed by atoms with E-state index in [4.69, 9.17) is 4.74 Å². The van der Waals surface area contributed by atoms with Gasteiger partial charge in [-0.2, -0.15) is 0 Å². The highest BCUT2D eigenvalue weighted by molar-refractivity contribution is 7.92. The maximum Gasteiger partial charge on any atom is 0.264 e. The fourth-order valence-corrected chi connectivity index (χ4v) is 6.63. The molecule has 0 unspecified atom stereocenters. The number of nitrogens with one attached hydrogen (secondary N) is 1. The molecule has 2 amide bonds. The van der Waals surface area contributed by atoms with Crippen molar-refractivity contribution < 1.29 is 22.7 Å². The molecule has 42 heavy (non-hydrogen) atoms. The summed E-state index contributed by atoms with van der Waals surface area (Å²) in [6.07, 6.45) is 5.13. The Morgan fingerprint density at radius 3 is 2.21 bits per heavy atom. The third-order valence-electron chi connectivity index (χ3n) is 7.81. The molecule has 0 aliphatic heterocycles. The van der Waals surface area contributed by atoms with Gasteiger partial charge in [0.15, 0.2) is 0 Å². The van der Waals surface area contributed by atoms with Crippen molar-refractivity contribution in [2.24, 2.45) is 0 Å². The number of sulfonamides is 1. The highest BCUT2D eigenvalue weighted by Gasteiger charge is 2.33. The molecule has 1 saturated carbocycles. The number of hydrogen-bond donors (Lipinski definition) is 1. The fraction of sp³-hybridized carbons (Fsp3) is 0.394. The van der Waals surface area contributed by atoms with Gasteiger partial charge in [-0.05, 0) is 81.1 Å². The molecule has 0 radical (unpaired) electrons. The zero-order valence-corrected chi connectivity index (χ0v) is 25.7. The highest BCUT2D eigenvalue weighted by Crippen LogP contribution is 2.26. The normalized spacial score (nSPS) is 14.6. The summed E-state index contributed by atoms with van der Waals surface area (Å²) in [6.45, 7) is 5.13. The lowest BCUT2D eigenvalue weighted by Gasteiger charge is -2.33. The summed E-state index contributed by atoms with van der Waals surface area (Å²) in [5.41, 5.74) is 2.97. The smallest absolute Gasteiger partial charge is 0.264 e. The third-order valence-corrected chi connectivity index (χ3v) is 9.60. The Morgan fingerprint density at radius 2 is 1.60 bits per heavy atom. The SMILES string of the molecule is COc1ccc(CN(C(=O)CN(c2cccc(C)c2)S(=O)(=O)c2ccc(C)cc2)[C@@H](C)C(=O)NC2CCCCC2)cc1. The molecule has 1 atom stereocenters. The van der Waals surface area contributed by atoms with Crippen LogP contribution in [0.4, 0.5) is 5.69 Å². The molecule has 9 heteroatoms. The molecule has 224 valence electrons. The Bertz CT molecular complexity index is 1470. The average Bonchev–Trinajstić information content (AvgIpc) is 2.99. The molecule has 1 aliphatic carbocycles. The number of ether oxygens (including phenoxy) is 1. The number of anilines is 1. The van der Waals surface area contributed by atoms with Crippen LogP contribution in [-0.2, 0) is 26.2 Å². The first-order valence-corrected chi connectivity index (χ1v) is 15.9. The van der Waals surface area contributed by atoms with Crippen molar-refractivity contribution in [3.05, 3.63) is 89.5 Å². The molecule has 1 fully saturated rings. The summed E-state index contributed by atoms with van der Waals surface area (Å²) < 4.78 is 34.4. The number of carbonyl (C=O) groups excluding carboxylic acids is 2. The van der Waals surface area contributed by atoms with Gasteiger partial charge in [-0.3, -0.25) is 13.9 Å². The van der Waals surface area contributed by atoms with Crippen LogP contribution in [0.5, 0.6) is 5.75 Å². The molecule has 1 N–H and O–H groups in total. The number of rotatable bonds is 11. The van der Waals surface area contributed by atoms with E-state index < -0.39 is 28.5 Å². The molecule has 3 aromatic carbocycles. The van der Waals surface area contributed by atoms with Gasteiger partial charge in [0, 0.05) is 12.6 Å². The predicted molar refractivity (Wildman–Crippen MR) is 165 cm³/mol. The first kappa shape index (κ1) is 31.1. The van der Waals surface area contributed by atoms with Crippen LogP contribution in [0.15, 0.2) is 77.7 Å². The largest absolute Gasteiger partial charge is 0.497 e. The van der Waals surface area contributed by atoms with E-state index in [0.717, 1.165) is 53.1 Å². The van der Waals surface area contributed by atoms with E-state index in [1.165, 1.54) is 4.90 Å². The van der Waals surface area contributed by atoms with Crippen molar-refractivity contribution in [3.8, 4) is 5.75 Å². The molecular formula is C33H41N3O5S. The fourth-order valence-electron chi connectivity index (χ4n) is 5.23. The van der Waals surface area contributed by atoms with Crippen molar-refractivity contribution in [3.63, 3.8) is 0 Å². The van der Waals surface area contributed by atoms with Gasteiger partial charge in [-0.1, -0.05) is 61.2 Å². The summed E-state index contributed by atoms with van der Waals surface area (Å²) in [5.74, 6) is -0.0453. The summed E-state index contributed by atoms with van der Waals surface area (Å²) >= 11 is 0. The summed E-state index contributed by atoms with van der Waals surface area (Å²) in [5, 5.41) is 3.13. The first-order valence-electron chi connectivity index (χ1n) is 14.5. The van der Waals surface area contributed by atoms with E-state index in [2.05, 4.69) is 5.32 Å². The topological polar surface area (TPSA) is 96.0 Å². The lowest BCUT2D eigenvalue weighted by atomic mass is 9.95. The lowest BCUT2D eigenvalue weighted by molar-refractivity contribution is -0.139. The number of amides is 2. The third kappa shape index (κ3) is 7.70. The van der Waals surface area contributed by atoms with Gasteiger partial charge in [0.05, 0.1) is 17.7 Å². The number of nitrogens with zero attached hydrogens (tertiary/aromatic N) is 2. The molecule has 8 nitrogen and oxygen atoms in total. The van der Waals surface area contributed by atoms with E-state index in [1.54, 1.807) is 68.6 Å². The van der Waals surface area contributed by atoms with Crippen molar-refractivity contribution in [2.75, 3.05) is 18.0 Å². The van der Waals surface area contributed by atoms with Gasteiger partial charge in [-0.15, -0.1) is 0 Å². The van der Waals surface area contributed by atoms with Gasteiger partial charge in [0.1, 0.15) is 18.3 Å². The van der Waals surface area contributed by atoms with Crippen LogP contribution in [0.25, 0.3) is 0 Å². The second-order valence-corrected chi connectivity index (χ2v) is 12.9. The minimum absolute atomic E-state index is 0.0809. The van der Waals surface area contributed by atoms with Crippen LogP contribution in [0.3, 0.4) is 0 Å². The maximum absolute atomic E-state index is 14.1. The van der Waals surface area contributed by atoms with Gasteiger partial charge < -0.3 is 15.0 Å². The highest BCUT2D eigenvalue weighted by atomic mass is 32.2. The molecule has 4 rings (SSSR count). The molecule has 3 aromatic rings. The standard InChI is InChI=1S/C33H41N3O5S/c1-24-13-19-31(20-14-24)42(39,40)36(29-12-8-9-25(2)21-29)23-32(37)35(22-27-15-17-30(41-4)18-16-27)26(3)33(38)34-28-10-6-5-7-11-28/h8-9,12-21,26,28H,5-7,10-11,22-23H2,1-4H3,(H,34,38)/t26-/m0/s1. The molecule has 0 saturated heterocycles. The molecule has 0 spiro atoms. The number of benzene rings is 3. The molecule has 1 aliphatic rings. The Kier molecular flexibility index (Phi) is 10.3. The van der Waals surface area contributed by atoms with Crippen molar-refractivity contribution in [2.45, 2.75) is 76.4 Å². The second kappa shape index (κ2) is 13.9. The number of methoxy groups -OCH3 is 1. The molecule has 0 bridgehead atoms. The second-order valence-electron chi connectivity index (χ2n) is 11.1. The van der Waals surface area contributed by atoms with Crippen LogP contribution in [0.1, 0.15) is 55.7 Å². The van der Waals surface area contributed by atoms with E-state index in [1.807, 2.05) is 32.0 Å². The average molecular weight is 592 g/mol. The maximum atomic E-state index is 14.1. The minimum atomic E-state index is -4.10. The zero-order valence-electron chi connectivity index (χ0n) is 24.9. The van der Waals surface area contributed by atoms with Crippen LogP contribution < -0.4 is 14.4 Å². The van der Waals surface area contributed by atoms with Crippen LogP contribution in [-0.4, -0.2) is 50.9 Å². The van der Waals surface area contributed by atoms with Crippen LogP contribution in [0, 0.1) is 13.8 Å². The van der Waals surface area contributed by atoms with E-state index >= 15 is 0 Å². The quantitative estimate of drug-likeness (QED) is 0.323. The molecular weight excluding hydrogens is 550 g/mol. The van der Waals surface area contributed by atoms with Crippen LogP contribution in [0.2, 0.25) is 0 Å².